The summed E-state index contributed by atoms with van der Waals surface area (Å²) < 4.78 is 6.97. The van der Waals surface area contributed by atoms with Crippen LogP contribution in [0.4, 0.5) is 0 Å². The molecule has 5 N–H and O–H groups in total. The Labute approximate surface area is 241 Å². The van der Waals surface area contributed by atoms with Gasteiger partial charge in [0.2, 0.25) is 5.91 Å². The minimum absolute atomic E-state index is 0.0243. The smallest absolute Gasteiger partial charge is 0.255 e. The Hall–Kier alpha value is -3.95. The van der Waals surface area contributed by atoms with Crippen LogP contribution < -0.4 is 21.1 Å². The maximum absolute atomic E-state index is 13.4. The topological polar surface area (TPSA) is 122 Å². The molecule has 0 radical (unpaired) electrons. The predicted octanol–water partition coefficient (Wildman–Crippen LogP) is 4.70. The number of rotatable bonds is 10. The fraction of sp³-hybridized carbons (Fsp3) is 0.258. The number of amides is 2. The molecule has 1 aliphatic heterocycles. The third kappa shape index (κ3) is 6.60. The van der Waals surface area contributed by atoms with Crippen LogP contribution in [0.5, 0.6) is 5.75 Å². The number of hydrogen-bond acceptors (Lipinski definition) is 5. The van der Waals surface area contributed by atoms with Gasteiger partial charge in [-0.2, -0.15) is 0 Å². The Kier molecular flexibility index (Phi) is 8.62. The van der Waals surface area contributed by atoms with Crippen molar-refractivity contribution in [1.82, 2.24) is 20.6 Å². The van der Waals surface area contributed by atoms with E-state index in [1.165, 1.54) is 11.1 Å². The van der Waals surface area contributed by atoms with Crippen LogP contribution in [0, 0.1) is 6.92 Å². The number of nitrogens with one attached hydrogen (secondary N) is 3. The first kappa shape index (κ1) is 27.6. The number of para-hydroxylation sites is 1. The molecule has 3 aromatic carbocycles. The van der Waals surface area contributed by atoms with Crippen LogP contribution in [0.15, 0.2) is 83.7 Å². The molecule has 0 aliphatic carbocycles. The summed E-state index contributed by atoms with van der Waals surface area (Å²) in [5, 5.41) is 6.60. The number of aromatic nitrogens is 2. The molecule has 5 rings (SSSR count). The number of carbonyl (C=O) groups excluding carboxylic acids is 2. The van der Waals surface area contributed by atoms with Crippen molar-refractivity contribution in [1.29, 1.82) is 0 Å². The average molecular weight is 603 g/mol. The van der Waals surface area contributed by atoms with Crippen molar-refractivity contribution < 1.29 is 14.3 Å². The number of carbonyl (C=O) groups is 2. The van der Waals surface area contributed by atoms with Gasteiger partial charge in [-0.05, 0) is 42.7 Å². The number of ether oxygens (including phenoxy) is 1. The zero-order valence-electron chi connectivity index (χ0n) is 22.2. The Morgan fingerprint density at radius 2 is 1.80 bits per heavy atom. The van der Waals surface area contributed by atoms with Crippen molar-refractivity contribution >= 4 is 27.7 Å². The van der Waals surface area contributed by atoms with E-state index in [1.54, 1.807) is 12.4 Å². The Morgan fingerprint density at radius 3 is 2.50 bits per heavy atom. The normalized spacial score (nSPS) is 15.9. The lowest BCUT2D eigenvalue weighted by Gasteiger charge is -2.31. The van der Waals surface area contributed by atoms with Gasteiger partial charge in [0, 0.05) is 35.1 Å². The summed E-state index contributed by atoms with van der Waals surface area (Å²) in [7, 11) is 0. The molecule has 1 aromatic heterocycles. The summed E-state index contributed by atoms with van der Waals surface area (Å²) in [4.78, 5) is 33.1. The van der Waals surface area contributed by atoms with Crippen molar-refractivity contribution in [2.24, 2.45) is 5.73 Å². The number of halogens is 1. The van der Waals surface area contributed by atoms with E-state index in [9.17, 15) is 9.59 Å². The van der Waals surface area contributed by atoms with E-state index in [0.29, 0.717) is 24.3 Å². The fourth-order valence-electron chi connectivity index (χ4n) is 5.01. The maximum atomic E-state index is 13.4. The number of nitrogens with two attached hydrogens (primary N) is 1. The molecule has 0 spiro atoms. The minimum atomic E-state index is -0.860. The lowest BCUT2D eigenvalue weighted by molar-refractivity contribution is -0.119. The summed E-state index contributed by atoms with van der Waals surface area (Å²) in [6.45, 7) is 2.53. The van der Waals surface area contributed by atoms with Gasteiger partial charge in [-0.3, -0.25) is 9.59 Å². The van der Waals surface area contributed by atoms with E-state index < -0.39 is 17.9 Å². The average Bonchev–Trinajstić information content (AvgIpc) is 3.49. The molecule has 0 bridgehead atoms. The van der Waals surface area contributed by atoms with Gasteiger partial charge in [-0.15, -0.1) is 0 Å². The molecule has 1 aliphatic rings. The van der Waals surface area contributed by atoms with Crippen LogP contribution in [0.1, 0.15) is 56.8 Å². The van der Waals surface area contributed by atoms with Gasteiger partial charge in [-0.25, -0.2) is 4.98 Å². The van der Waals surface area contributed by atoms with Gasteiger partial charge >= 0.3 is 0 Å². The summed E-state index contributed by atoms with van der Waals surface area (Å²) >= 11 is 3.41. The summed E-state index contributed by atoms with van der Waals surface area (Å²) in [5.74, 6) is -0.475. The molecule has 2 unspecified atom stereocenters. The van der Waals surface area contributed by atoms with Gasteiger partial charge in [0.15, 0.2) is 0 Å². The number of benzene rings is 3. The molecule has 40 heavy (non-hydrogen) atoms. The summed E-state index contributed by atoms with van der Waals surface area (Å²) in [6.07, 6.45) is 5.32. The van der Waals surface area contributed by atoms with Gasteiger partial charge in [0.25, 0.3) is 5.91 Å². The van der Waals surface area contributed by atoms with E-state index in [-0.39, 0.29) is 12.1 Å². The highest BCUT2D eigenvalue weighted by molar-refractivity contribution is 9.10. The maximum Gasteiger partial charge on any atom is 0.255 e. The van der Waals surface area contributed by atoms with Crippen molar-refractivity contribution in [3.8, 4) is 5.75 Å². The predicted molar refractivity (Wildman–Crippen MR) is 157 cm³/mol. The molecule has 206 valence electrons. The highest BCUT2D eigenvalue weighted by Gasteiger charge is 2.30. The second-order valence-electron chi connectivity index (χ2n) is 10.1. The first-order valence-corrected chi connectivity index (χ1v) is 14.1. The van der Waals surface area contributed by atoms with Gasteiger partial charge in [0.1, 0.15) is 11.8 Å². The van der Waals surface area contributed by atoms with Crippen molar-refractivity contribution in [2.75, 3.05) is 6.61 Å². The molecule has 2 heterocycles. The molecule has 3 atom stereocenters. The quantitative estimate of drug-likeness (QED) is 0.210. The summed E-state index contributed by atoms with van der Waals surface area (Å²) in [5.41, 5.74) is 11.2. The Bertz CT molecular complexity index is 1460. The summed E-state index contributed by atoms with van der Waals surface area (Å²) in [6, 6.07) is 20.7. The highest BCUT2D eigenvalue weighted by atomic mass is 79.9. The third-order valence-electron chi connectivity index (χ3n) is 7.18. The lowest BCUT2D eigenvalue weighted by atomic mass is 9.94. The van der Waals surface area contributed by atoms with Crippen LogP contribution in [-0.4, -0.2) is 34.4 Å². The molecule has 0 saturated heterocycles. The van der Waals surface area contributed by atoms with Crippen LogP contribution in [0.3, 0.4) is 0 Å². The van der Waals surface area contributed by atoms with Gasteiger partial charge in [0.05, 0.1) is 30.2 Å². The molecule has 9 heteroatoms. The number of primary amides is 1. The van der Waals surface area contributed by atoms with Crippen LogP contribution in [0.2, 0.25) is 0 Å². The minimum Gasteiger partial charge on any atom is -0.492 e. The lowest BCUT2D eigenvalue weighted by Crippen LogP contribution is -2.46. The second kappa shape index (κ2) is 12.5. The number of nitrogens with zero attached hydrogens (tertiary/aromatic N) is 1. The highest BCUT2D eigenvalue weighted by Crippen LogP contribution is 2.37. The Morgan fingerprint density at radius 1 is 1.07 bits per heavy atom. The molecular weight excluding hydrogens is 570 g/mol. The van der Waals surface area contributed by atoms with Crippen molar-refractivity contribution in [3.63, 3.8) is 0 Å². The number of imidazole rings is 1. The largest absolute Gasteiger partial charge is 0.492 e. The SMILES string of the molecule is Cc1ccc(CC(NC2CCOc3c(C(=O)N[C@@H](Cc4ccc(Br)cc4)C(N)=O)cccc32)c2cnc[nH]2)cc1. The molecule has 0 fully saturated rings. The van der Waals surface area contributed by atoms with E-state index in [2.05, 4.69) is 67.7 Å². The first-order valence-electron chi connectivity index (χ1n) is 13.3. The van der Waals surface area contributed by atoms with Crippen molar-refractivity contribution in [3.05, 3.63) is 117 Å². The molecule has 8 nitrogen and oxygen atoms in total. The van der Waals surface area contributed by atoms with Gasteiger partial charge in [-0.1, -0.05) is 70.0 Å². The molecule has 4 aromatic rings. The standard InChI is InChI=1S/C31H32BrN5O3/c1-19-5-7-20(8-6-19)15-26(28-17-34-18-35-28)36-25-13-14-40-29-23(25)3-2-4-24(29)31(39)37-27(30(33)38)16-21-9-11-22(32)12-10-21/h2-12,17-18,25-27,36H,13-16H2,1H3,(H2,33,38)(H,34,35)(H,37,39)/t25?,26?,27-/m0/s1. The number of aryl methyl sites for hydroxylation is 1. The second-order valence-corrected chi connectivity index (χ2v) is 11.0. The monoisotopic (exact) mass is 601 g/mol. The first-order chi connectivity index (χ1) is 19.4. The molecular formula is C31H32BrN5O3. The van der Waals surface area contributed by atoms with E-state index in [0.717, 1.165) is 34.1 Å². The van der Waals surface area contributed by atoms with E-state index >= 15 is 0 Å². The Balaban J connectivity index is 1.36. The zero-order chi connectivity index (χ0) is 28.1. The number of fused-ring (bicyclic) bond motifs is 1. The number of aromatic amines is 1. The molecule has 2 amide bonds. The third-order valence-corrected chi connectivity index (χ3v) is 7.71. The van der Waals surface area contributed by atoms with E-state index in [4.69, 9.17) is 10.5 Å². The van der Waals surface area contributed by atoms with Gasteiger partial charge < -0.3 is 26.1 Å². The van der Waals surface area contributed by atoms with Crippen molar-refractivity contribution in [2.45, 2.75) is 44.3 Å². The zero-order valence-corrected chi connectivity index (χ0v) is 23.8. The van der Waals surface area contributed by atoms with Crippen LogP contribution in [0.25, 0.3) is 0 Å². The fourth-order valence-corrected chi connectivity index (χ4v) is 5.27. The number of hydrogen-bond donors (Lipinski definition) is 4. The van der Waals surface area contributed by atoms with Crippen LogP contribution >= 0.6 is 15.9 Å². The number of H-pyrrole nitrogens is 1. The molecule has 0 saturated carbocycles. The van der Waals surface area contributed by atoms with E-state index in [1.807, 2.05) is 42.6 Å². The van der Waals surface area contributed by atoms with Crippen LogP contribution in [-0.2, 0) is 17.6 Å².